The van der Waals surface area contributed by atoms with Crippen LogP contribution in [0.25, 0.3) is 11.0 Å². The van der Waals surface area contributed by atoms with E-state index in [2.05, 4.69) is 36.6 Å². The third kappa shape index (κ3) is 6.21. The van der Waals surface area contributed by atoms with Crippen LogP contribution in [0, 0.1) is 6.92 Å². The molecule has 2 aromatic heterocycles. The fourth-order valence-electron chi connectivity index (χ4n) is 2.99. The number of hydrogen-bond acceptors (Lipinski definition) is 4. The Labute approximate surface area is 187 Å². The van der Waals surface area contributed by atoms with Crippen LogP contribution in [0.2, 0.25) is 0 Å². The van der Waals surface area contributed by atoms with E-state index in [-0.39, 0.29) is 29.9 Å². The Morgan fingerprint density at radius 2 is 1.86 bits per heavy atom. The lowest BCUT2D eigenvalue weighted by molar-refractivity contribution is 0.0926. The fraction of sp³-hybridized carbons (Fsp3) is 0.350. The third-order valence-electron chi connectivity index (χ3n) is 4.37. The number of fused-ring (bicyclic) bond motifs is 1. The summed E-state index contributed by atoms with van der Waals surface area (Å²) in [6.45, 7) is 4.74. The lowest BCUT2D eigenvalue weighted by atomic mass is 10.3. The molecule has 1 aromatic carbocycles. The second kappa shape index (κ2) is 11.4. The molecule has 9 heteroatoms. The smallest absolute Gasteiger partial charge is 0.287 e. The monoisotopic (exact) mass is 510 g/mol. The number of benzene rings is 1. The molecule has 2 heterocycles. The van der Waals surface area contributed by atoms with Crippen LogP contribution in [0.1, 0.15) is 22.8 Å². The number of aliphatic imine (C=N–C) groups is 1. The Bertz CT molecular complexity index is 936. The molecular formula is C20H27IN6O2. The highest BCUT2D eigenvalue weighted by molar-refractivity contribution is 14.0. The summed E-state index contributed by atoms with van der Waals surface area (Å²) in [7, 11) is 1.73. The summed E-state index contributed by atoms with van der Waals surface area (Å²) in [5, 5.41) is 9.25. The predicted molar refractivity (Wildman–Crippen MR) is 125 cm³/mol. The Balaban J connectivity index is 0.00000300. The van der Waals surface area contributed by atoms with E-state index < -0.39 is 0 Å². The molecular weight excluding hydrogens is 483 g/mol. The zero-order valence-electron chi connectivity index (χ0n) is 16.6. The molecule has 3 rings (SSSR count). The Morgan fingerprint density at radius 1 is 1.10 bits per heavy atom. The number of carbonyl (C=O) groups is 1. The van der Waals surface area contributed by atoms with Crippen molar-refractivity contribution in [3.63, 3.8) is 0 Å². The molecule has 0 aliphatic carbocycles. The average molecular weight is 510 g/mol. The van der Waals surface area contributed by atoms with Crippen LogP contribution < -0.4 is 16.0 Å². The Morgan fingerprint density at radius 3 is 2.62 bits per heavy atom. The normalized spacial score (nSPS) is 11.2. The van der Waals surface area contributed by atoms with Gasteiger partial charge in [-0.25, -0.2) is 4.98 Å². The van der Waals surface area contributed by atoms with Crippen molar-refractivity contribution < 1.29 is 9.21 Å². The average Bonchev–Trinajstić information content (AvgIpc) is 3.34. The second-order valence-electron chi connectivity index (χ2n) is 6.31. The summed E-state index contributed by atoms with van der Waals surface area (Å²) in [6, 6.07) is 11.5. The first-order valence-electron chi connectivity index (χ1n) is 9.37. The van der Waals surface area contributed by atoms with Crippen LogP contribution in [0.15, 0.2) is 52.1 Å². The molecule has 8 nitrogen and oxygen atoms in total. The molecule has 0 radical (unpaired) electrons. The first-order chi connectivity index (χ1) is 13.7. The van der Waals surface area contributed by atoms with Crippen molar-refractivity contribution in [1.82, 2.24) is 25.5 Å². The summed E-state index contributed by atoms with van der Waals surface area (Å²) in [6.07, 6.45) is 2.42. The number of guanidine groups is 1. The van der Waals surface area contributed by atoms with Crippen molar-refractivity contribution >= 4 is 46.9 Å². The van der Waals surface area contributed by atoms with Crippen LogP contribution in [-0.2, 0) is 6.54 Å². The van der Waals surface area contributed by atoms with Gasteiger partial charge >= 0.3 is 0 Å². The molecule has 3 N–H and O–H groups in total. The molecule has 0 aliphatic rings. The number of carbonyl (C=O) groups excluding carboxylic acids is 1. The minimum Gasteiger partial charge on any atom is -0.459 e. The van der Waals surface area contributed by atoms with Gasteiger partial charge in [-0.2, -0.15) is 0 Å². The fourth-order valence-corrected chi connectivity index (χ4v) is 2.99. The Kier molecular flexibility index (Phi) is 8.97. The zero-order chi connectivity index (χ0) is 19.8. The van der Waals surface area contributed by atoms with Crippen molar-refractivity contribution in [1.29, 1.82) is 0 Å². The molecule has 0 aliphatic heterocycles. The lowest BCUT2D eigenvalue weighted by Gasteiger charge is -2.13. The van der Waals surface area contributed by atoms with E-state index in [1.54, 1.807) is 19.2 Å². The topological polar surface area (TPSA) is 96.5 Å². The van der Waals surface area contributed by atoms with Crippen molar-refractivity contribution in [2.24, 2.45) is 4.99 Å². The Hall–Kier alpha value is -2.56. The van der Waals surface area contributed by atoms with Gasteiger partial charge in [-0.3, -0.25) is 9.79 Å². The van der Waals surface area contributed by atoms with Crippen LogP contribution in [0.4, 0.5) is 0 Å². The summed E-state index contributed by atoms with van der Waals surface area (Å²) < 4.78 is 7.28. The van der Waals surface area contributed by atoms with Gasteiger partial charge < -0.3 is 24.9 Å². The highest BCUT2D eigenvalue weighted by Gasteiger charge is 2.08. The van der Waals surface area contributed by atoms with Gasteiger partial charge in [-0.15, -0.1) is 24.0 Å². The molecule has 0 spiro atoms. The molecule has 29 heavy (non-hydrogen) atoms. The molecule has 3 aromatic rings. The number of rotatable bonds is 8. The van der Waals surface area contributed by atoms with Crippen LogP contribution in [-0.4, -0.2) is 48.1 Å². The van der Waals surface area contributed by atoms with E-state index in [1.165, 1.54) is 6.26 Å². The molecule has 0 saturated heterocycles. The quantitative estimate of drug-likeness (QED) is 0.187. The van der Waals surface area contributed by atoms with Gasteiger partial charge in [0.1, 0.15) is 5.82 Å². The first-order valence-corrected chi connectivity index (χ1v) is 9.37. The van der Waals surface area contributed by atoms with E-state index in [1.807, 2.05) is 25.1 Å². The molecule has 0 bridgehead atoms. The van der Waals surface area contributed by atoms with E-state index in [4.69, 9.17) is 4.42 Å². The second-order valence-corrected chi connectivity index (χ2v) is 6.31. The summed E-state index contributed by atoms with van der Waals surface area (Å²) >= 11 is 0. The number of nitrogens with zero attached hydrogens (tertiary/aromatic N) is 3. The maximum atomic E-state index is 11.8. The molecule has 0 unspecified atom stereocenters. The SMILES string of the molecule is CN=C(NCCCn1c(C)nc2ccccc21)NCCNC(=O)c1ccco1.I. The number of aromatic nitrogens is 2. The van der Waals surface area contributed by atoms with Crippen molar-refractivity contribution in [3.8, 4) is 0 Å². The summed E-state index contributed by atoms with van der Waals surface area (Å²) in [5.41, 5.74) is 2.19. The number of aryl methyl sites for hydroxylation is 2. The van der Waals surface area contributed by atoms with Crippen LogP contribution in [0.5, 0.6) is 0 Å². The minimum absolute atomic E-state index is 0. The number of amides is 1. The third-order valence-corrected chi connectivity index (χ3v) is 4.37. The number of halogens is 1. The number of imidazole rings is 1. The molecule has 1 amide bonds. The van der Waals surface area contributed by atoms with Crippen molar-refractivity contribution in [2.45, 2.75) is 19.9 Å². The minimum atomic E-state index is -0.224. The molecule has 0 saturated carbocycles. The van der Waals surface area contributed by atoms with Gasteiger partial charge in [0, 0.05) is 33.2 Å². The predicted octanol–water partition coefficient (Wildman–Crippen LogP) is 2.54. The van der Waals surface area contributed by atoms with Gasteiger partial charge in [0.2, 0.25) is 0 Å². The van der Waals surface area contributed by atoms with Gasteiger partial charge in [-0.1, -0.05) is 12.1 Å². The highest BCUT2D eigenvalue weighted by atomic mass is 127. The van der Waals surface area contributed by atoms with E-state index in [0.717, 1.165) is 36.4 Å². The van der Waals surface area contributed by atoms with Crippen LogP contribution >= 0.6 is 24.0 Å². The number of furan rings is 1. The van der Waals surface area contributed by atoms with Crippen molar-refractivity contribution in [2.75, 3.05) is 26.7 Å². The zero-order valence-corrected chi connectivity index (χ0v) is 19.0. The van der Waals surface area contributed by atoms with Gasteiger partial charge in [-0.05, 0) is 37.6 Å². The van der Waals surface area contributed by atoms with E-state index in [0.29, 0.717) is 24.8 Å². The van der Waals surface area contributed by atoms with Gasteiger partial charge in [0.25, 0.3) is 5.91 Å². The molecule has 156 valence electrons. The maximum absolute atomic E-state index is 11.8. The summed E-state index contributed by atoms with van der Waals surface area (Å²) in [5.74, 6) is 1.82. The van der Waals surface area contributed by atoms with Gasteiger partial charge in [0.15, 0.2) is 11.7 Å². The largest absolute Gasteiger partial charge is 0.459 e. The lowest BCUT2D eigenvalue weighted by Crippen LogP contribution is -2.41. The standard InChI is InChI=1S/C20H26N6O2.HI/c1-15-25-16-7-3-4-8-17(16)26(15)13-6-10-23-20(21-2)24-12-11-22-19(27)18-9-5-14-28-18;/h3-5,7-9,14H,6,10-13H2,1-2H3,(H,22,27)(H2,21,23,24);1H. The van der Waals surface area contributed by atoms with E-state index in [9.17, 15) is 4.79 Å². The van der Waals surface area contributed by atoms with E-state index >= 15 is 0 Å². The van der Waals surface area contributed by atoms with Crippen LogP contribution in [0.3, 0.4) is 0 Å². The van der Waals surface area contributed by atoms with Crippen molar-refractivity contribution in [3.05, 3.63) is 54.2 Å². The number of nitrogens with one attached hydrogen (secondary N) is 3. The first kappa shape index (κ1) is 22.7. The number of hydrogen-bond donors (Lipinski definition) is 3. The van der Waals surface area contributed by atoms with Gasteiger partial charge in [0.05, 0.1) is 17.3 Å². The molecule has 0 fully saturated rings. The number of para-hydroxylation sites is 2. The maximum Gasteiger partial charge on any atom is 0.287 e. The molecule has 0 atom stereocenters. The highest BCUT2D eigenvalue weighted by Crippen LogP contribution is 2.15. The summed E-state index contributed by atoms with van der Waals surface area (Å²) in [4.78, 5) is 20.6.